The summed E-state index contributed by atoms with van der Waals surface area (Å²) >= 11 is 0. The van der Waals surface area contributed by atoms with Crippen LogP contribution in [-0.4, -0.2) is 25.5 Å². The van der Waals surface area contributed by atoms with Crippen LogP contribution in [0.4, 0.5) is 10.1 Å². The molecule has 2 rings (SSSR count). The van der Waals surface area contributed by atoms with Gasteiger partial charge in [0.2, 0.25) is 5.91 Å². The average molecular weight is 294 g/mol. The number of rotatable bonds is 4. The number of halogens is 1. The molecule has 1 aliphatic carbocycles. The smallest absolute Gasteiger partial charge is 0.340 e. The van der Waals surface area contributed by atoms with E-state index in [0.717, 1.165) is 31.7 Å². The maximum absolute atomic E-state index is 13.3. The molecule has 0 aliphatic heterocycles. The molecule has 1 saturated carbocycles. The maximum Gasteiger partial charge on any atom is 0.340 e. The van der Waals surface area contributed by atoms with Gasteiger partial charge in [-0.15, -0.1) is 0 Å². The lowest BCUT2D eigenvalue weighted by Crippen LogP contribution is -2.40. The highest BCUT2D eigenvalue weighted by Gasteiger charge is 2.40. The van der Waals surface area contributed by atoms with Crippen LogP contribution in [0.2, 0.25) is 0 Å². The molecule has 0 heterocycles. The quantitative estimate of drug-likeness (QED) is 0.833. The van der Waals surface area contributed by atoms with E-state index >= 15 is 0 Å². The molecule has 21 heavy (non-hydrogen) atoms. The van der Waals surface area contributed by atoms with E-state index in [-0.39, 0.29) is 23.7 Å². The van der Waals surface area contributed by atoms with Crippen molar-refractivity contribution >= 4 is 17.6 Å². The number of anilines is 1. The Balaban J connectivity index is 2.27. The number of amides is 1. The first-order valence-electron chi connectivity index (χ1n) is 6.92. The van der Waals surface area contributed by atoms with E-state index < -0.39 is 17.2 Å². The van der Waals surface area contributed by atoms with Crippen LogP contribution in [-0.2, 0) is 9.53 Å². The number of benzene rings is 1. The third-order valence-electron chi connectivity index (χ3n) is 4.07. The minimum atomic E-state index is -0.696. The highest BCUT2D eigenvalue weighted by Crippen LogP contribution is 2.38. The van der Waals surface area contributed by atoms with Gasteiger partial charge in [-0.1, -0.05) is 12.8 Å². The first-order valence-corrected chi connectivity index (χ1v) is 6.92. The van der Waals surface area contributed by atoms with Crippen molar-refractivity contribution in [3.05, 3.63) is 29.6 Å². The van der Waals surface area contributed by atoms with Crippen LogP contribution in [0, 0.1) is 11.2 Å². The van der Waals surface area contributed by atoms with Gasteiger partial charge in [0.1, 0.15) is 5.82 Å². The fourth-order valence-corrected chi connectivity index (χ4v) is 2.73. The first kappa shape index (κ1) is 15.4. The van der Waals surface area contributed by atoms with Crippen molar-refractivity contribution in [2.24, 2.45) is 11.1 Å². The number of ether oxygens (including phenoxy) is 1. The molecule has 114 valence electrons. The van der Waals surface area contributed by atoms with Gasteiger partial charge in [-0.3, -0.25) is 4.79 Å². The van der Waals surface area contributed by atoms with E-state index in [1.165, 1.54) is 19.2 Å². The molecular weight excluding hydrogens is 275 g/mol. The topological polar surface area (TPSA) is 81.4 Å². The Labute approximate surface area is 122 Å². The van der Waals surface area contributed by atoms with Crippen molar-refractivity contribution in [3.63, 3.8) is 0 Å². The number of carbonyl (C=O) groups is 2. The molecule has 0 saturated heterocycles. The van der Waals surface area contributed by atoms with Crippen LogP contribution < -0.4 is 11.1 Å². The molecule has 0 aromatic heterocycles. The Morgan fingerprint density at radius 3 is 2.62 bits per heavy atom. The minimum absolute atomic E-state index is 0.00369. The zero-order valence-electron chi connectivity index (χ0n) is 11.9. The zero-order chi connectivity index (χ0) is 15.5. The number of nitrogens with one attached hydrogen (secondary N) is 1. The molecule has 1 aromatic carbocycles. The van der Waals surface area contributed by atoms with E-state index in [0.29, 0.717) is 0 Å². The van der Waals surface area contributed by atoms with Crippen LogP contribution in [0.1, 0.15) is 36.0 Å². The molecule has 6 heteroatoms. The Bertz CT molecular complexity index is 554. The molecule has 0 atom stereocenters. The number of hydrogen-bond donors (Lipinski definition) is 2. The molecule has 3 N–H and O–H groups in total. The molecule has 1 fully saturated rings. The molecule has 0 unspecified atom stereocenters. The van der Waals surface area contributed by atoms with Crippen LogP contribution in [0.5, 0.6) is 0 Å². The fraction of sp³-hybridized carbons (Fsp3) is 0.467. The Morgan fingerprint density at radius 1 is 1.38 bits per heavy atom. The lowest BCUT2D eigenvalue weighted by atomic mass is 9.85. The van der Waals surface area contributed by atoms with Crippen LogP contribution >= 0.6 is 0 Å². The van der Waals surface area contributed by atoms with Gasteiger partial charge in [-0.05, 0) is 31.0 Å². The summed E-state index contributed by atoms with van der Waals surface area (Å²) in [7, 11) is 1.21. The fourth-order valence-electron chi connectivity index (χ4n) is 2.73. The summed E-state index contributed by atoms with van der Waals surface area (Å²) in [5, 5.41) is 2.70. The van der Waals surface area contributed by atoms with Gasteiger partial charge in [-0.2, -0.15) is 0 Å². The standard InChI is InChI=1S/C15H19FN2O3/c1-21-13(19)11-8-10(16)4-5-12(11)18-14(20)15(9-17)6-2-3-7-15/h4-5,8H,2-3,6-7,9,17H2,1H3,(H,18,20). The molecule has 1 amide bonds. The summed E-state index contributed by atoms with van der Waals surface area (Å²) in [4.78, 5) is 24.2. The first-order chi connectivity index (χ1) is 10.0. The van der Waals surface area contributed by atoms with Gasteiger partial charge < -0.3 is 15.8 Å². The van der Waals surface area contributed by atoms with Gasteiger partial charge in [0.25, 0.3) is 0 Å². The summed E-state index contributed by atoms with van der Waals surface area (Å²) in [6.45, 7) is 0.258. The van der Waals surface area contributed by atoms with Crippen molar-refractivity contribution in [3.8, 4) is 0 Å². The van der Waals surface area contributed by atoms with E-state index in [1.54, 1.807) is 0 Å². The predicted molar refractivity (Wildman–Crippen MR) is 76.3 cm³/mol. The number of carbonyl (C=O) groups excluding carboxylic acids is 2. The highest BCUT2D eigenvalue weighted by atomic mass is 19.1. The summed E-state index contributed by atoms with van der Waals surface area (Å²) < 4.78 is 17.9. The van der Waals surface area contributed by atoms with Gasteiger partial charge in [0.05, 0.1) is 23.8 Å². The number of nitrogens with two attached hydrogens (primary N) is 1. The maximum atomic E-state index is 13.3. The number of esters is 1. The van der Waals surface area contributed by atoms with Gasteiger partial charge in [0.15, 0.2) is 0 Å². The second kappa shape index (κ2) is 6.22. The summed E-state index contributed by atoms with van der Waals surface area (Å²) in [5.41, 5.74) is 5.40. The van der Waals surface area contributed by atoms with Gasteiger partial charge in [0, 0.05) is 6.54 Å². The molecule has 0 radical (unpaired) electrons. The van der Waals surface area contributed by atoms with E-state index in [1.807, 2.05) is 0 Å². The van der Waals surface area contributed by atoms with Gasteiger partial charge in [-0.25, -0.2) is 9.18 Å². The van der Waals surface area contributed by atoms with Crippen molar-refractivity contribution < 1.29 is 18.7 Å². The summed E-state index contributed by atoms with van der Waals surface area (Å²) in [6.07, 6.45) is 3.37. The van der Waals surface area contributed by atoms with E-state index in [2.05, 4.69) is 10.1 Å². The molecule has 1 aliphatic rings. The lowest BCUT2D eigenvalue weighted by Gasteiger charge is -2.26. The van der Waals surface area contributed by atoms with Crippen LogP contribution in [0.15, 0.2) is 18.2 Å². The van der Waals surface area contributed by atoms with E-state index in [9.17, 15) is 14.0 Å². The number of methoxy groups -OCH3 is 1. The van der Waals surface area contributed by atoms with Crippen molar-refractivity contribution in [2.45, 2.75) is 25.7 Å². The minimum Gasteiger partial charge on any atom is -0.465 e. The molecule has 5 nitrogen and oxygen atoms in total. The summed E-state index contributed by atoms with van der Waals surface area (Å²) in [5.74, 6) is -1.49. The Hall–Kier alpha value is -1.95. The largest absolute Gasteiger partial charge is 0.465 e. The van der Waals surface area contributed by atoms with Crippen LogP contribution in [0.25, 0.3) is 0 Å². The highest BCUT2D eigenvalue weighted by molar-refractivity contribution is 6.03. The third-order valence-corrected chi connectivity index (χ3v) is 4.07. The predicted octanol–water partition coefficient (Wildman–Crippen LogP) is 2.07. The average Bonchev–Trinajstić information content (AvgIpc) is 2.98. The molecular formula is C15H19FN2O3. The number of hydrogen-bond acceptors (Lipinski definition) is 4. The molecule has 0 spiro atoms. The van der Waals surface area contributed by atoms with Crippen molar-refractivity contribution in [2.75, 3.05) is 19.0 Å². The zero-order valence-corrected chi connectivity index (χ0v) is 11.9. The van der Waals surface area contributed by atoms with Crippen LogP contribution in [0.3, 0.4) is 0 Å². The second-order valence-electron chi connectivity index (χ2n) is 5.33. The SMILES string of the molecule is COC(=O)c1cc(F)ccc1NC(=O)C1(CN)CCCC1. The van der Waals surface area contributed by atoms with Crippen molar-refractivity contribution in [1.82, 2.24) is 0 Å². The Morgan fingerprint density at radius 2 is 2.05 bits per heavy atom. The normalized spacial score (nSPS) is 16.5. The van der Waals surface area contributed by atoms with Gasteiger partial charge >= 0.3 is 5.97 Å². The van der Waals surface area contributed by atoms with Crippen molar-refractivity contribution in [1.29, 1.82) is 0 Å². The second-order valence-corrected chi connectivity index (χ2v) is 5.33. The lowest BCUT2D eigenvalue weighted by molar-refractivity contribution is -0.124. The monoisotopic (exact) mass is 294 g/mol. The third kappa shape index (κ3) is 3.05. The summed E-state index contributed by atoms with van der Waals surface area (Å²) in [6, 6.07) is 3.59. The van der Waals surface area contributed by atoms with E-state index in [4.69, 9.17) is 5.73 Å². The molecule has 0 bridgehead atoms. The Kier molecular flexibility index (Phi) is 4.57. The molecule has 1 aromatic rings.